The lowest BCUT2D eigenvalue weighted by molar-refractivity contribution is -0.386. The highest BCUT2D eigenvalue weighted by molar-refractivity contribution is 5.59. The van der Waals surface area contributed by atoms with Crippen LogP contribution in [0.5, 0.6) is 5.75 Å². The number of alkyl halides is 2. The van der Waals surface area contributed by atoms with E-state index in [1.54, 1.807) is 11.0 Å². The summed E-state index contributed by atoms with van der Waals surface area (Å²) < 4.78 is 28.7. The second-order valence-electron chi connectivity index (χ2n) is 3.75. The lowest BCUT2D eigenvalue weighted by Crippen LogP contribution is -2.26. The summed E-state index contributed by atoms with van der Waals surface area (Å²) in [5.74, 6) is -0.519. The number of rotatable bonds is 8. The van der Waals surface area contributed by atoms with E-state index in [2.05, 4.69) is 11.3 Å². The van der Waals surface area contributed by atoms with Gasteiger partial charge in [-0.05, 0) is 6.07 Å². The van der Waals surface area contributed by atoms with Crippen molar-refractivity contribution < 1.29 is 23.5 Å². The van der Waals surface area contributed by atoms with Gasteiger partial charge in [0.05, 0.1) is 11.5 Å². The molecule has 0 fully saturated rings. The minimum absolute atomic E-state index is 0.157. The number of halogens is 2. The Hall–Kier alpha value is -2.22. The molecular weight excluding hydrogens is 274 g/mol. The summed E-state index contributed by atoms with van der Waals surface area (Å²) in [5, 5.41) is 19.7. The van der Waals surface area contributed by atoms with E-state index in [0.29, 0.717) is 12.2 Å². The van der Waals surface area contributed by atoms with E-state index >= 15 is 0 Å². The molecule has 0 heterocycles. The monoisotopic (exact) mass is 288 g/mol. The van der Waals surface area contributed by atoms with Gasteiger partial charge in [-0.1, -0.05) is 6.08 Å². The fourth-order valence-electron chi connectivity index (χ4n) is 1.64. The summed E-state index contributed by atoms with van der Waals surface area (Å²) in [6, 6.07) is 3.62. The summed E-state index contributed by atoms with van der Waals surface area (Å²) in [7, 11) is 0. The average molecular weight is 288 g/mol. The molecule has 0 saturated heterocycles. The minimum Gasteiger partial charge on any atom is -0.427 e. The molecule has 0 bridgehead atoms. The number of nitrogens with zero attached hydrogens (tertiary/aromatic N) is 2. The van der Waals surface area contributed by atoms with Crippen LogP contribution in [0.1, 0.15) is 0 Å². The Bertz CT molecular complexity index is 483. The molecule has 0 radical (unpaired) electrons. The molecular formula is C12H14F2N2O4. The van der Waals surface area contributed by atoms with Gasteiger partial charge in [-0.2, -0.15) is 8.78 Å². The van der Waals surface area contributed by atoms with Crippen molar-refractivity contribution in [3.05, 3.63) is 41.0 Å². The van der Waals surface area contributed by atoms with Gasteiger partial charge in [-0.3, -0.25) is 10.1 Å². The van der Waals surface area contributed by atoms with Crippen LogP contribution in [0.4, 0.5) is 20.2 Å². The second kappa shape index (κ2) is 7.39. The molecule has 6 nitrogen and oxygen atoms in total. The van der Waals surface area contributed by atoms with Crippen LogP contribution in [0, 0.1) is 10.1 Å². The number of anilines is 1. The van der Waals surface area contributed by atoms with Crippen LogP contribution >= 0.6 is 0 Å². The number of aliphatic hydroxyl groups is 1. The Kier molecular flexibility index (Phi) is 5.85. The predicted molar refractivity (Wildman–Crippen MR) is 69.2 cm³/mol. The summed E-state index contributed by atoms with van der Waals surface area (Å²) in [6.45, 7) is 0.815. The molecule has 0 aliphatic carbocycles. The summed E-state index contributed by atoms with van der Waals surface area (Å²) in [5.41, 5.74) is -0.128. The smallest absolute Gasteiger partial charge is 0.387 e. The molecule has 0 aromatic heterocycles. The van der Waals surface area contributed by atoms with Crippen molar-refractivity contribution in [3.8, 4) is 5.75 Å². The fourth-order valence-corrected chi connectivity index (χ4v) is 1.64. The van der Waals surface area contributed by atoms with Crippen LogP contribution in [0.2, 0.25) is 0 Å². The third-order valence-electron chi connectivity index (χ3n) is 2.44. The maximum Gasteiger partial charge on any atom is 0.387 e. The summed E-state index contributed by atoms with van der Waals surface area (Å²) >= 11 is 0. The zero-order valence-electron chi connectivity index (χ0n) is 10.5. The maximum absolute atomic E-state index is 12.3. The van der Waals surface area contributed by atoms with E-state index in [0.717, 1.165) is 12.1 Å². The van der Waals surface area contributed by atoms with Crippen LogP contribution in [0.15, 0.2) is 30.9 Å². The van der Waals surface area contributed by atoms with Gasteiger partial charge >= 0.3 is 12.3 Å². The van der Waals surface area contributed by atoms with E-state index in [1.807, 2.05) is 0 Å². The zero-order valence-corrected chi connectivity index (χ0v) is 10.5. The van der Waals surface area contributed by atoms with Crippen LogP contribution in [-0.2, 0) is 0 Å². The lowest BCUT2D eigenvalue weighted by atomic mass is 10.2. The number of nitro benzene ring substituents is 1. The number of benzene rings is 1. The van der Waals surface area contributed by atoms with E-state index in [1.165, 1.54) is 6.07 Å². The van der Waals surface area contributed by atoms with Crippen molar-refractivity contribution in [3.63, 3.8) is 0 Å². The number of hydrogen-bond donors (Lipinski definition) is 1. The topological polar surface area (TPSA) is 75.8 Å². The molecule has 0 aliphatic heterocycles. The Morgan fingerprint density at radius 3 is 2.75 bits per heavy atom. The third-order valence-corrected chi connectivity index (χ3v) is 2.44. The number of hydrogen-bond acceptors (Lipinski definition) is 5. The number of ether oxygens (including phenoxy) is 1. The first-order valence-electron chi connectivity index (χ1n) is 5.69. The largest absolute Gasteiger partial charge is 0.427 e. The molecule has 0 saturated carbocycles. The van der Waals surface area contributed by atoms with Crippen LogP contribution in [0.3, 0.4) is 0 Å². The van der Waals surface area contributed by atoms with Gasteiger partial charge in [0, 0.05) is 30.9 Å². The quantitative estimate of drug-likeness (QED) is 0.451. The van der Waals surface area contributed by atoms with Crippen LogP contribution in [0.25, 0.3) is 0 Å². The molecule has 0 aliphatic rings. The van der Waals surface area contributed by atoms with Gasteiger partial charge in [-0.25, -0.2) is 0 Å². The third kappa shape index (κ3) is 4.16. The Morgan fingerprint density at radius 2 is 2.25 bits per heavy atom. The summed E-state index contributed by atoms with van der Waals surface area (Å²) in [6.07, 6.45) is 1.56. The standard InChI is InChI=1S/C12H14F2N2O4/c1-2-5-15(6-7-17)9-3-4-10(16(18)19)11(8-9)20-12(13)14/h2-4,8,12,17H,1,5-7H2. The number of nitro groups is 1. The molecule has 0 amide bonds. The molecule has 8 heteroatoms. The maximum atomic E-state index is 12.3. The van der Waals surface area contributed by atoms with Crippen molar-refractivity contribution in [1.82, 2.24) is 0 Å². The van der Waals surface area contributed by atoms with Crippen molar-refractivity contribution in [2.45, 2.75) is 6.61 Å². The molecule has 1 aromatic rings. The van der Waals surface area contributed by atoms with E-state index in [9.17, 15) is 18.9 Å². The van der Waals surface area contributed by atoms with Gasteiger partial charge in [-0.15, -0.1) is 6.58 Å². The average Bonchev–Trinajstić information content (AvgIpc) is 2.37. The highest BCUT2D eigenvalue weighted by Crippen LogP contribution is 2.32. The van der Waals surface area contributed by atoms with Crippen LogP contribution in [-0.4, -0.2) is 36.3 Å². The second-order valence-corrected chi connectivity index (χ2v) is 3.75. The fraction of sp³-hybridized carbons (Fsp3) is 0.333. The summed E-state index contributed by atoms with van der Waals surface area (Å²) in [4.78, 5) is 11.6. The van der Waals surface area contributed by atoms with E-state index in [4.69, 9.17) is 5.11 Å². The highest BCUT2D eigenvalue weighted by Gasteiger charge is 2.20. The van der Waals surface area contributed by atoms with Gasteiger partial charge in [0.15, 0.2) is 0 Å². The molecule has 1 aromatic carbocycles. The lowest BCUT2D eigenvalue weighted by Gasteiger charge is -2.22. The molecule has 0 atom stereocenters. The Balaban J connectivity index is 3.15. The zero-order chi connectivity index (χ0) is 15.1. The first kappa shape index (κ1) is 15.8. The van der Waals surface area contributed by atoms with Gasteiger partial charge < -0.3 is 14.7 Å². The van der Waals surface area contributed by atoms with Gasteiger partial charge in [0.25, 0.3) is 0 Å². The first-order valence-corrected chi connectivity index (χ1v) is 5.69. The van der Waals surface area contributed by atoms with Crippen molar-refractivity contribution in [2.75, 3.05) is 24.6 Å². The molecule has 110 valence electrons. The normalized spacial score (nSPS) is 10.4. The van der Waals surface area contributed by atoms with Gasteiger partial charge in [0.1, 0.15) is 0 Å². The van der Waals surface area contributed by atoms with Gasteiger partial charge in [0.2, 0.25) is 5.75 Å². The first-order chi connectivity index (χ1) is 9.49. The SMILES string of the molecule is C=CCN(CCO)c1ccc([N+](=O)[O-])c(OC(F)F)c1. The number of aliphatic hydroxyl groups excluding tert-OH is 1. The minimum atomic E-state index is -3.16. The van der Waals surface area contributed by atoms with Crippen LogP contribution < -0.4 is 9.64 Å². The molecule has 0 unspecified atom stereocenters. The Morgan fingerprint density at radius 1 is 1.55 bits per heavy atom. The van der Waals surface area contributed by atoms with E-state index in [-0.39, 0.29) is 13.2 Å². The molecule has 20 heavy (non-hydrogen) atoms. The Labute approximate surface area is 114 Å². The van der Waals surface area contributed by atoms with Crippen molar-refractivity contribution in [2.24, 2.45) is 0 Å². The molecule has 0 spiro atoms. The van der Waals surface area contributed by atoms with Crippen molar-refractivity contribution >= 4 is 11.4 Å². The molecule has 1 N–H and O–H groups in total. The van der Waals surface area contributed by atoms with Crippen molar-refractivity contribution in [1.29, 1.82) is 0 Å². The molecule has 1 rings (SSSR count). The highest BCUT2D eigenvalue weighted by atomic mass is 19.3. The van der Waals surface area contributed by atoms with E-state index < -0.39 is 23.0 Å². The predicted octanol–water partition coefficient (Wildman–Crippen LogP) is 2.18.